The first-order valence-electron chi connectivity index (χ1n) is 7.71. The third-order valence-corrected chi connectivity index (χ3v) is 4.20. The van der Waals surface area contributed by atoms with Crippen LogP contribution in [0.25, 0.3) is 0 Å². The van der Waals surface area contributed by atoms with E-state index in [2.05, 4.69) is 13.0 Å². The number of hydrogen-bond acceptors (Lipinski definition) is 3. The van der Waals surface area contributed by atoms with E-state index in [1.807, 2.05) is 23.1 Å². The summed E-state index contributed by atoms with van der Waals surface area (Å²) < 4.78 is 0. The molecule has 0 radical (unpaired) electrons. The fourth-order valence-corrected chi connectivity index (χ4v) is 2.99. The number of carbonyl (C=O) groups excluding carboxylic acids is 1. The molecule has 120 valence electrons. The summed E-state index contributed by atoms with van der Waals surface area (Å²) in [5.74, 6) is -1.29. The molecule has 5 nitrogen and oxygen atoms in total. The van der Waals surface area contributed by atoms with Gasteiger partial charge in [0.1, 0.15) is 0 Å². The van der Waals surface area contributed by atoms with Gasteiger partial charge in [-0.25, -0.2) is 0 Å². The predicted octanol–water partition coefficient (Wildman–Crippen LogP) is 2.01. The molecule has 1 amide bonds. The molecule has 0 spiro atoms. The van der Waals surface area contributed by atoms with E-state index in [0.717, 1.165) is 18.5 Å². The van der Waals surface area contributed by atoms with E-state index in [1.54, 1.807) is 18.9 Å². The maximum atomic E-state index is 12.7. The van der Waals surface area contributed by atoms with Crippen LogP contribution in [0.3, 0.4) is 0 Å². The zero-order valence-corrected chi connectivity index (χ0v) is 13.5. The minimum atomic E-state index is -0.837. The lowest BCUT2D eigenvalue weighted by atomic mass is 9.96. The van der Waals surface area contributed by atoms with Crippen molar-refractivity contribution in [3.63, 3.8) is 0 Å². The van der Waals surface area contributed by atoms with Crippen molar-refractivity contribution < 1.29 is 14.7 Å². The molecular weight excluding hydrogens is 280 g/mol. The van der Waals surface area contributed by atoms with Crippen molar-refractivity contribution in [3.05, 3.63) is 29.8 Å². The minimum Gasteiger partial charge on any atom is -0.481 e. The van der Waals surface area contributed by atoms with Gasteiger partial charge in [0, 0.05) is 18.3 Å². The first kappa shape index (κ1) is 16.5. The lowest BCUT2D eigenvalue weighted by molar-refractivity contribution is -0.142. The Morgan fingerprint density at radius 3 is 2.77 bits per heavy atom. The molecule has 1 aliphatic rings. The Kier molecular flexibility index (Phi) is 5.19. The van der Waals surface area contributed by atoms with Gasteiger partial charge in [-0.05, 0) is 38.4 Å². The number of likely N-dealkylation sites (N-methyl/N-ethyl adjacent to an activating group) is 1. The summed E-state index contributed by atoms with van der Waals surface area (Å²) in [6.07, 6.45) is 1.95. The van der Waals surface area contributed by atoms with E-state index >= 15 is 0 Å². The fraction of sp³-hybridized carbons (Fsp3) is 0.529. The Morgan fingerprint density at radius 1 is 1.41 bits per heavy atom. The Morgan fingerprint density at radius 2 is 2.09 bits per heavy atom. The predicted molar refractivity (Wildman–Crippen MR) is 86.0 cm³/mol. The van der Waals surface area contributed by atoms with Crippen LogP contribution in [0.1, 0.15) is 25.8 Å². The number of para-hydroxylation sites is 1. The quantitative estimate of drug-likeness (QED) is 0.904. The summed E-state index contributed by atoms with van der Waals surface area (Å²) >= 11 is 0. The van der Waals surface area contributed by atoms with E-state index in [4.69, 9.17) is 5.11 Å². The van der Waals surface area contributed by atoms with Crippen LogP contribution in [0, 0.1) is 5.92 Å². The highest BCUT2D eigenvalue weighted by Crippen LogP contribution is 2.30. The molecule has 1 N–H and O–H groups in total. The number of carbonyl (C=O) groups is 2. The van der Waals surface area contributed by atoms with Gasteiger partial charge in [-0.15, -0.1) is 0 Å². The van der Waals surface area contributed by atoms with Crippen LogP contribution >= 0.6 is 0 Å². The molecule has 0 aliphatic carbocycles. The van der Waals surface area contributed by atoms with E-state index in [9.17, 15) is 9.59 Å². The lowest BCUT2D eigenvalue weighted by Gasteiger charge is -2.36. The second-order valence-corrected chi connectivity index (χ2v) is 6.22. The molecule has 5 heteroatoms. The molecule has 1 aromatic carbocycles. The van der Waals surface area contributed by atoms with E-state index in [-0.39, 0.29) is 18.5 Å². The molecule has 0 saturated carbocycles. The van der Waals surface area contributed by atoms with Gasteiger partial charge in [0.15, 0.2) is 0 Å². The first-order valence-corrected chi connectivity index (χ1v) is 7.71. The third-order valence-electron chi connectivity index (χ3n) is 4.20. The van der Waals surface area contributed by atoms with Crippen LogP contribution in [0.15, 0.2) is 24.3 Å². The Labute approximate surface area is 131 Å². The van der Waals surface area contributed by atoms with Gasteiger partial charge >= 0.3 is 5.97 Å². The standard InChI is InChI=1S/C17H24N2O3/c1-12(17(21)22)10-18(3)11-16(20)19-13(2)8-9-14-6-4-5-7-15(14)19/h4-7,12-13H,8-11H2,1-3H3,(H,21,22). The highest BCUT2D eigenvalue weighted by Gasteiger charge is 2.28. The number of anilines is 1. The molecule has 0 saturated heterocycles. The van der Waals surface area contributed by atoms with E-state index < -0.39 is 11.9 Å². The number of hydrogen-bond donors (Lipinski definition) is 1. The summed E-state index contributed by atoms with van der Waals surface area (Å²) in [4.78, 5) is 27.2. The zero-order valence-electron chi connectivity index (χ0n) is 13.5. The highest BCUT2D eigenvalue weighted by atomic mass is 16.4. The molecule has 22 heavy (non-hydrogen) atoms. The molecule has 1 heterocycles. The van der Waals surface area contributed by atoms with Crippen molar-refractivity contribution in [2.45, 2.75) is 32.7 Å². The second-order valence-electron chi connectivity index (χ2n) is 6.22. The Balaban J connectivity index is 2.07. The van der Waals surface area contributed by atoms with Crippen molar-refractivity contribution >= 4 is 17.6 Å². The molecule has 2 unspecified atom stereocenters. The average molecular weight is 304 g/mol. The third kappa shape index (κ3) is 3.65. The number of amides is 1. The number of fused-ring (bicyclic) bond motifs is 1. The molecule has 1 aromatic rings. The van der Waals surface area contributed by atoms with Crippen molar-refractivity contribution in [2.75, 3.05) is 25.0 Å². The summed E-state index contributed by atoms with van der Waals surface area (Å²) in [6, 6.07) is 8.18. The number of rotatable bonds is 5. The van der Waals surface area contributed by atoms with Crippen molar-refractivity contribution in [1.29, 1.82) is 0 Å². The number of aliphatic carboxylic acids is 1. The van der Waals surface area contributed by atoms with Crippen LogP contribution in [0.5, 0.6) is 0 Å². The van der Waals surface area contributed by atoms with Crippen LogP contribution in [-0.2, 0) is 16.0 Å². The fourth-order valence-electron chi connectivity index (χ4n) is 2.99. The molecule has 0 fully saturated rings. The smallest absolute Gasteiger partial charge is 0.307 e. The van der Waals surface area contributed by atoms with Crippen LogP contribution < -0.4 is 4.90 Å². The van der Waals surface area contributed by atoms with E-state index in [0.29, 0.717) is 6.54 Å². The van der Waals surface area contributed by atoms with E-state index in [1.165, 1.54) is 5.56 Å². The van der Waals surface area contributed by atoms with Gasteiger partial charge in [0.05, 0.1) is 12.5 Å². The van der Waals surface area contributed by atoms with Gasteiger partial charge in [-0.2, -0.15) is 0 Å². The largest absolute Gasteiger partial charge is 0.481 e. The molecule has 2 rings (SSSR count). The van der Waals surface area contributed by atoms with Gasteiger partial charge in [-0.1, -0.05) is 25.1 Å². The number of benzene rings is 1. The number of carboxylic acid groups (broad SMARTS) is 1. The van der Waals surface area contributed by atoms with Gasteiger partial charge in [-0.3, -0.25) is 14.5 Å². The average Bonchev–Trinajstić information content (AvgIpc) is 2.46. The maximum Gasteiger partial charge on any atom is 0.307 e. The van der Waals surface area contributed by atoms with Crippen molar-refractivity contribution in [2.24, 2.45) is 5.92 Å². The summed E-state index contributed by atoms with van der Waals surface area (Å²) in [6.45, 7) is 4.32. The van der Waals surface area contributed by atoms with Crippen LogP contribution in [0.4, 0.5) is 5.69 Å². The molecule has 2 atom stereocenters. The maximum absolute atomic E-state index is 12.7. The summed E-state index contributed by atoms with van der Waals surface area (Å²) in [7, 11) is 1.79. The number of nitrogens with zero attached hydrogens (tertiary/aromatic N) is 2. The monoisotopic (exact) mass is 304 g/mol. The molecule has 0 aromatic heterocycles. The zero-order chi connectivity index (χ0) is 16.3. The van der Waals surface area contributed by atoms with Crippen LogP contribution in [0.2, 0.25) is 0 Å². The van der Waals surface area contributed by atoms with Gasteiger partial charge in [0.25, 0.3) is 0 Å². The van der Waals surface area contributed by atoms with Crippen molar-refractivity contribution in [1.82, 2.24) is 4.90 Å². The normalized spacial score (nSPS) is 18.9. The molecular formula is C17H24N2O3. The summed E-state index contributed by atoms with van der Waals surface area (Å²) in [5.41, 5.74) is 2.20. The summed E-state index contributed by atoms with van der Waals surface area (Å²) in [5, 5.41) is 8.96. The first-order chi connectivity index (χ1) is 10.4. The molecule has 0 bridgehead atoms. The second kappa shape index (κ2) is 6.92. The number of aryl methyl sites for hydroxylation is 1. The van der Waals surface area contributed by atoms with Crippen LogP contribution in [-0.4, -0.2) is 48.1 Å². The topological polar surface area (TPSA) is 60.9 Å². The van der Waals surface area contributed by atoms with Gasteiger partial charge < -0.3 is 10.0 Å². The molecule has 1 aliphatic heterocycles. The van der Waals surface area contributed by atoms with Crippen molar-refractivity contribution in [3.8, 4) is 0 Å². The Bertz CT molecular complexity index is 559. The lowest BCUT2D eigenvalue weighted by Crippen LogP contribution is -2.47. The minimum absolute atomic E-state index is 0.0275. The Hall–Kier alpha value is -1.88. The van der Waals surface area contributed by atoms with Gasteiger partial charge in [0.2, 0.25) is 5.91 Å². The SMILES string of the molecule is CC(CN(C)CC(=O)N1c2ccccc2CCC1C)C(=O)O. The number of carboxylic acids is 1. The highest BCUT2D eigenvalue weighted by molar-refractivity contribution is 5.96.